The maximum absolute atomic E-state index is 14.6. The lowest BCUT2D eigenvalue weighted by molar-refractivity contribution is -0.115. The summed E-state index contributed by atoms with van der Waals surface area (Å²) in [6.07, 6.45) is 7.16. The van der Waals surface area contributed by atoms with Gasteiger partial charge in [0.1, 0.15) is 0 Å². The first-order valence-electron chi connectivity index (χ1n) is 14.3. The van der Waals surface area contributed by atoms with Gasteiger partial charge < -0.3 is 5.32 Å². The Bertz CT molecular complexity index is 1560. The Labute approximate surface area is 240 Å². The number of benzene rings is 3. The number of thioether (sulfide) groups is 1. The molecule has 1 heterocycles. The first-order chi connectivity index (χ1) is 19.5. The molecule has 1 spiro atoms. The quantitative estimate of drug-likeness (QED) is 0.199. The largest absolute Gasteiger partial charge is 0.325 e. The fourth-order valence-corrected chi connectivity index (χ4v) is 7.30. The Morgan fingerprint density at radius 3 is 2.38 bits per heavy atom. The van der Waals surface area contributed by atoms with Crippen molar-refractivity contribution in [3.63, 3.8) is 0 Å². The number of hydrogen-bond acceptors (Lipinski definition) is 4. The van der Waals surface area contributed by atoms with Crippen LogP contribution < -0.4 is 10.9 Å². The fourth-order valence-electron chi connectivity index (χ4n) is 6.37. The van der Waals surface area contributed by atoms with Gasteiger partial charge >= 0.3 is 0 Å². The zero-order valence-corrected chi connectivity index (χ0v) is 23.8. The van der Waals surface area contributed by atoms with Crippen LogP contribution in [0.25, 0.3) is 11.3 Å². The predicted octanol–water partition coefficient (Wildman–Crippen LogP) is 7.03. The molecular weight excluding hydrogens is 514 g/mol. The van der Waals surface area contributed by atoms with Crippen LogP contribution in [0, 0.1) is 0 Å². The van der Waals surface area contributed by atoms with E-state index in [1.165, 1.54) is 29.3 Å². The van der Waals surface area contributed by atoms with E-state index >= 15 is 0 Å². The smallest absolute Gasteiger partial charge is 0.258 e. The van der Waals surface area contributed by atoms with E-state index in [9.17, 15) is 9.59 Å². The van der Waals surface area contributed by atoms with Gasteiger partial charge in [-0.2, -0.15) is 0 Å². The maximum Gasteiger partial charge on any atom is 0.258 e. The van der Waals surface area contributed by atoms with Crippen LogP contribution in [-0.4, -0.2) is 20.7 Å². The minimum Gasteiger partial charge on any atom is -0.325 e. The summed E-state index contributed by atoms with van der Waals surface area (Å²) in [4.78, 5) is 33.0. The van der Waals surface area contributed by atoms with Crippen molar-refractivity contribution in [3.8, 4) is 11.3 Å². The van der Waals surface area contributed by atoms with Gasteiger partial charge in [0.15, 0.2) is 5.16 Å². The number of carbonyl (C=O) groups is 1. The molecule has 0 saturated heterocycles. The molecule has 2 aliphatic carbocycles. The van der Waals surface area contributed by atoms with Crippen molar-refractivity contribution in [1.82, 2.24) is 9.55 Å². The van der Waals surface area contributed by atoms with E-state index in [-0.39, 0.29) is 16.9 Å². The average Bonchev–Trinajstić information content (AvgIpc) is 2.98. The van der Waals surface area contributed by atoms with E-state index in [1.54, 1.807) is 0 Å². The second-order valence-electron chi connectivity index (χ2n) is 11.1. The second kappa shape index (κ2) is 11.5. The minimum atomic E-state index is -0.435. The number of aryl methyl sites for hydroxylation is 1. The normalized spacial score (nSPS) is 16.1. The molecular formula is C34H35N3O2S. The van der Waals surface area contributed by atoms with Crippen molar-refractivity contribution in [2.45, 2.75) is 74.2 Å². The van der Waals surface area contributed by atoms with Gasteiger partial charge in [0.25, 0.3) is 5.56 Å². The molecule has 0 radical (unpaired) electrons. The van der Waals surface area contributed by atoms with Crippen molar-refractivity contribution < 1.29 is 4.79 Å². The molecule has 1 unspecified atom stereocenters. The van der Waals surface area contributed by atoms with Crippen LogP contribution >= 0.6 is 11.8 Å². The van der Waals surface area contributed by atoms with Gasteiger partial charge in [-0.3, -0.25) is 14.2 Å². The summed E-state index contributed by atoms with van der Waals surface area (Å²) in [7, 11) is 0. The highest BCUT2D eigenvalue weighted by molar-refractivity contribution is 8.00. The summed E-state index contributed by atoms with van der Waals surface area (Å²) >= 11 is 1.37. The summed E-state index contributed by atoms with van der Waals surface area (Å²) in [5.74, 6) is -0.109. The highest BCUT2D eigenvalue weighted by atomic mass is 32.2. The number of hydrogen-bond donors (Lipinski definition) is 1. The van der Waals surface area contributed by atoms with Gasteiger partial charge in [-0.15, -0.1) is 0 Å². The van der Waals surface area contributed by atoms with Crippen LogP contribution in [0.1, 0.15) is 55.7 Å². The first-order valence-corrected chi connectivity index (χ1v) is 15.2. The Hall–Kier alpha value is -3.64. The molecule has 204 valence electrons. The topological polar surface area (TPSA) is 64.0 Å². The van der Waals surface area contributed by atoms with Crippen LogP contribution in [0.15, 0.2) is 94.9 Å². The maximum atomic E-state index is 14.6. The number of aromatic nitrogens is 2. The van der Waals surface area contributed by atoms with E-state index in [1.807, 2.05) is 66.1 Å². The number of para-hydroxylation sites is 1. The molecule has 1 aromatic heterocycles. The van der Waals surface area contributed by atoms with Gasteiger partial charge in [-0.1, -0.05) is 104 Å². The van der Waals surface area contributed by atoms with Crippen LogP contribution in [0.4, 0.5) is 5.69 Å². The molecule has 40 heavy (non-hydrogen) atoms. The molecule has 4 aromatic rings. The number of amides is 1. The predicted molar refractivity (Wildman–Crippen MR) is 163 cm³/mol. The summed E-state index contributed by atoms with van der Waals surface area (Å²) in [6, 6.07) is 28.2. The third kappa shape index (κ3) is 5.25. The molecule has 3 aromatic carbocycles. The molecule has 1 saturated carbocycles. The highest BCUT2D eigenvalue weighted by Crippen LogP contribution is 2.49. The molecule has 2 aliphatic rings. The Morgan fingerprint density at radius 1 is 0.950 bits per heavy atom. The van der Waals surface area contributed by atoms with Crippen LogP contribution in [0.2, 0.25) is 0 Å². The van der Waals surface area contributed by atoms with E-state index in [0.717, 1.165) is 61.0 Å². The molecule has 6 rings (SSSR count). The standard InChI is InChI=1S/C34H35N3O2S/c1-24(31(38)35-27-16-7-3-8-17-27)40-33-36-30-28-18-10-9-15-26(28)23-34(20-11-4-12-21-34)29(30)32(39)37(33)22-19-25-13-5-2-6-14-25/h2-3,5-10,13-18,24H,4,11-12,19-23H2,1H3,(H,35,38). The molecule has 1 N–H and O–H groups in total. The van der Waals surface area contributed by atoms with Crippen molar-refractivity contribution in [2.75, 3.05) is 5.32 Å². The molecule has 0 aliphatic heterocycles. The van der Waals surface area contributed by atoms with Crippen LogP contribution in [-0.2, 0) is 29.6 Å². The number of carbonyl (C=O) groups excluding carboxylic acids is 1. The van der Waals surface area contributed by atoms with Crippen molar-refractivity contribution in [2.24, 2.45) is 0 Å². The van der Waals surface area contributed by atoms with E-state index < -0.39 is 5.25 Å². The lowest BCUT2D eigenvalue weighted by Crippen LogP contribution is -2.43. The van der Waals surface area contributed by atoms with E-state index in [2.05, 4.69) is 35.6 Å². The number of anilines is 1. The van der Waals surface area contributed by atoms with Crippen LogP contribution in [0.3, 0.4) is 0 Å². The monoisotopic (exact) mass is 549 g/mol. The van der Waals surface area contributed by atoms with Gasteiger partial charge in [-0.05, 0) is 55.9 Å². The Kier molecular flexibility index (Phi) is 7.61. The highest BCUT2D eigenvalue weighted by Gasteiger charge is 2.43. The third-order valence-corrected chi connectivity index (χ3v) is 9.53. The fraction of sp³-hybridized carbons (Fsp3) is 0.324. The molecule has 5 nitrogen and oxygen atoms in total. The van der Waals surface area contributed by atoms with Gasteiger partial charge in [0.2, 0.25) is 5.91 Å². The van der Waals surface area contributed by atoms with Crippen molar-refractivity contribution in [1.29, 1.82) is 0 Å². The Balaban J connectivity index is 1.43. The van der Waals surface area contributed by atoms with Gasteiger partial charge in [0, 0.05) is 23.2 Å². The average molecular weight is 550 g/mol. The molecule has 1 atom stereocenters. The second-order valence-corrected chi connectivity index (χ2v) is 12.4. The van der Waals surface area contributed by atoms with E-state index in [0.29, 0.717) is 11.7 Å². The summed E-state index contributed by atoms with van der Waals surface area (Å²) in [5.41, 5.74) is 5.88. The van der Waals surface area contributed by atoms with Crippen LogP contribution in [0.5, 0.6) is 0 Å². The zero-order chi connectivity index (χ0) is 27.5. The molecule has 1 amide bonds. The van der Waals surface area contributed by atoms with Gasteiger partial charge in [-0.25, -0.2) is 4.98 Å². The molecule has 0 bridgehead atoms. The number of fused-ring (bicyclic) bond motifs is 4. The third-order valence-electron chi connectivity index (χ3n) is 8.44. The van der Waals surface area contributed by atoms with Gasteiger partial charge in [0.05, 0.1) is 16.5 Å². The molecule has 6 heteroatoms. The number of nitrogens with one attached hydrogen (secondary N) is 1. The number of rotatable bonds is 7. The molecule has 1 fully saturated rings. The lowest BCUT2D eigenvalue weighted by atomic mass is 9.62. The SMILES string of the molecule is CC(Sc1nc2c(c(=O)n1CCc1ccccc1)C1(CCCCC1)Cc1ccccc1-2)C(=O)Nc1ccccc1. The summed E-state index contributed by atoms with van der Waals surface area (Å²) < 4.78 is 1.85. The Morgan fingerprint density at radius 2 is 1.62 bits per heavy atom. The zero-order valence-electron chi connectivity index (χ0n) is 22.9. The summed E-state index contributed by atoms with van der Waals surface area (Å²) in [6.45, 7) is 2.41. The van der Waals surface area contributed by atoms with Crippen molar-refractivity contribution in [3.05, 3.63) is 112 Å². The first kappa shape index (κ1) is 26.6. The van der Waals surface area contributed by atoms with E-state index in [4.69, 9.17) is 4.98 Å². The lowest BCUT2D eigenvalue weighted by Gasteiger charge is -2.42. The number of nitrogens with zero attached hydrogens (tertiary/aromatic N) is 2. The van der Waals surface area contributed by atoms with Crippen molar-refractivity contribution >= 4 is 23.4 Å². The minimum absolute atomic E-state index is 0.0653. The summed E-state index contributed by atoms with van der Waals surface area (Å²) in [5, 5.41) is 3.18.